The first-order chi connectivity index (χ1) is 14.2. The number of hydrogen-bond donors (Lipinski definition) is 1. The van der Waals surface area contributed by atoms with Crippen LogP contribution in [0.1, 0.15) is 58.9 Å². The highest BCUT2D eigenvalue weighted by molar-refractivity contribution is 7.10. The molecule has 0 aliphatic rings. The number of carbonyl (C=O) groups is 1. The van der Waals surface area contributed by atoms with E-state index in [9.17, 15) is 4.79 Å². The van der Waals surface area contributed by atoms with Crippen LogP contribution in [0.4, 0.5) is 16.5 Å². The number of anilines is 3. The summed E-state index contributed by atoms with van der Waals surface area (Å²) in [5.41, 5.74) is 3.16. The Balaban J connectivity index is 2.46. The minimum Gasteiger partial charge on any atom is -0.469 e. The van der Waals surface area contributed by atoms with E-state index < -0.39 is 0 Å². The summed E-state index contributed by atoms with van der Waals surface area (Å²) in [6.07, 6.45) is 1.21. The van der Waals surface area contributed by atoms with Crippen LogP contribution in [0.2, 0.25) is 5.28 Å². The van der Waals surface area contributed by atoms with Crippen molar-refractivity contribution in [3.63, 3.8) is 0 Å². The molecule has 2 aromatic rings. The molecule has 0 saturated heterocycles. The molecule has 1 aromatic carbocycles. The molecule has 1 unspecified atom stereocenters. The molecule has 30 heavy (non-hydrogen) atoms. The molecule has 0 saturated carbocycles. The van der Waals surface area contributed by atoms with Gasteiger partial charge in [0, 0.05) is 24.6 Å². The molecule has 166 valence electrons. The molecule has 0 radical (unpaired) electrons. The summed E-state index contributed by atoms with van der Waals surface area (Å²) in [5.74, 6) is 0.941. The number of halogens is 1. The highest BCUT2D eigenvalue weighted by Gasteiger charge is 2.20. The predicted octanol–water partition coefficient (Wildman–Crippen LogP) is 6.11. The number of carbonyl (C=O) groups excluding carboxylic acids is 1. The second-order valence-corrected chi connectivity index (χ2v) is 9.44. The maximum absolute atomic E-state index is 11.9. The van der Waals surface area contributed by atoms with Gasteiger partial charge in [-0.2, -0.15) is 9.36 Å². The number of nitrogens with zero attached hydrogens (tertiary/aromatic N) is 3. The van der Waals surface area contributed by atoms with E-state index in [0.717, 1.165) is 36.4 Å². The van der Waals surface area contributed by atoms with Crippen LogP contribution >= 0.6 is 23.1 Å². The second kappa shape index (κ2) is 11.5. The zero-order chi connectivity index (χ0) is 22.3. The minimum absolute atomic E-state index is 0.0914. The van der Waals surface area contributed by atoms with Gasteiger partial charge in [0.15, 0.2) is 0 Å². The van der Waals surface area contributed by atoms with Gasteiger partial charge in [0.05, 0.1) is 24.9 Å². The molecule has 0 amide bonds. The Morgan fingerprint density at radius 1 is 1.23 bits per heavy atom. The van der Waals surface area contributed by atoms with Crippen LogP contribution in [0.5, 0.6) is 0 Å². The fourth-order valence-corrected chi connectivity index (χ4v) is 4.21. The first-order valence-electron chi connectivity index (χ1n) is 10.4. The van der Waals surface area contributed by atoms with Crippen LogP contribution in [0.25, 0.3) is 0 Å². The maximum atomic E-state index is 11.9. The largest absolute Gasteiger partial charge is 0.469 e. The van der Waals surface area contributed by atoms with E-state index in [1.165, 1.54) is 18.6 Å². The Morgan fingerprint density at radius 3 is 2.40 bits per heavy atom. The average Bonchev–Trinajstić information content (AvgIpc) is 3.09. The second-order valence-electron chi connectivity index (χ2n) is 8.35. The molecule has 6 nitrogen and oxygen atoms in total. The van der Waals surface area contributed by atoms with Gasteiger partial charge < -0.3 is 15.0 Å². The van der Waals surface area contributed by atoms with Gasteiger partial charge in [-0.15, -0.1) is 0 Å². The molecule has 2 rings (SSSR count). The molecule has 1 atom stereocenters. The molecule has 0 aliphatic heterocycles. The van der Waals surface area contributed by atoms with Gasteiger partial charge in [0.1, 0.15) is 0 Å². The number of benzene rings is 1. The average molecular weight is 453 g/mol. The van der Waals surface area contributed by atoms with Gasteiger partial charge in [-0.1, -0.05) is 40.7 Å². The Bertz CT molecular complexity index is 815. The molecule has 1 aromatic heterocycles. The molecule has 0 aliphatic carbocycles. The predicted molar refractivity (Wildman–Crippen MR) is 126 cm³/mol. The Hall–Kier alpha value is -1.86. The van der Waals surface area contributed by atoms with Gasteiger partial charge in [-0.25, -0.2) is 0 Å². The van der Waals surface area contributed by atoms with Crippen molar-refractivity contribution in [2.45, 2.75) is 53.4 Å². The Morgan fingerprint density at radius 2 is 1.90 bits per heavy atom. The smallest absolute Gasteiger partial charge is 0.306 e. The first kappa shape index (κ1) is 24.4. The van der Waals surface area contributed by atoms with Gasteiger partial charge >= 0.3 is 5.97 Å². The summed E-state index contributed by atoms with van der Waals surface area (Å²) in [4.78, 5) is 18.5. The lowest BCUT2D eigenvalue weighted by Gasteiger charge is -2.31. The lowest BCUT2D eigenvalue weighted by molar-refractivity contribution is -0.141. The van der Waals surface area contributed by atoms with Gasteiger partial charge in [-0.3, -0.25) is 4.79 Å². The third-order valence-electron chi connectivity index (χ3n) is 4.78. The summed E-state index contributed by atoms with van der Waals surface area (Å²) in [6.45, 7) is 12.9. The van der Waals surface area contributed by atoms with Crippen LogP contribution in [-0.2, 0) is 9.53 Å². The fraction of sp³-hybridized carbons (Fsp3) is 0.591. The monoisotopic (exact) mass is 452 g/mol. The fourth-order valence-electron chi connectivity index (χ4n) is 3.49. The number of methoxy groups -OCH3 is 1. The Labute approximate surface area is 189 Å². The third-order valence-corrected chi connectivity index (χ3v) is 5.68. The highest BCUT2D eigenvalue weighted by Crippen LogP contribution is 2.35. The molecule has 8 heteroatoms. The molecule has 1 heterocycles. The summed E-state index contributed by atoms with van der Waals surface area (Å²) < 4.78 is 8.95. The van der Waals surface area contributed by atoms with Gasteiger partial charge in [0.25, 0.3) is 0 Å². The Kier molecular flexibility index (Phi) is 9.37. The topological polar surface area (TPSA) is 67.3 Å². The van der Waals surface area contributed by atoms with Crippen molar-refractivity contribution in [3.8, 4) is 0 Å². The number of esters is 1. The van der Waals surface area contributed by atoms with E-state index in [2.05, 4.69) is 72.4 Å². The van der Waals surface area contributed by atoms with Crippen LogP contribution in [-0.4, -0.2) is 35.5 Å². The zero-order valence-corrected chi connectivity index (χ0v) is 20.3. The highest BCUT2D eigenvalue weighted by atomic mass is 35.5. The molecular weight excluding hydrogens is 420 g/mol. The van der Waals surface area contributed by atoms with Crippen molar-refractivity contribution in [2.75, 3.05) is 30.4 Å². The quantitative estimate of drug-likeness (QED) is 0.415. The van der Waals surface area contributed by atoms with Crippen molar-refractivity contribution >= 4 is 45.6 Å². The van der Waals surface area contributed by atoms with Crippen LogP contribution in [0.3, 0.4) is 0 Å². The number of aromatic nitrogens is 2. The third kappa shape index (κ3) is 7.13. The zero-order valence-electron chi connectivity index (χ0n) is 18.7. The van der Waals surface area contributed by atoms with Crippen LogP contribution in [0, 0.1) is 11.8 Å². The molecule has 0 spiro atoms. The van der Waals surface area contributed by atoms with E-state index >= 15 is 0 Å². The van der Waals surface area contributed by atoms with Gasteiger partial charge in [0.2, 0.25) is 10.4 Å². The summed E-state index contributed by atoms with van der Waals surface area (Å²) in [5, 5.41) is 4.29. The summed E-state index contributed by atoms with van der Waals surface area (Å²) >= 11 is 7.16. The molecule has 0 bridgehead atoms. The van der Waals surface area contributed by atoms with E-state index in [-0.39, 0.29) is 17.2 Å². The lowest BCUT2D eigenvalue weighted by atomic mass is 9.92. The van der Waals surface area contributed by atoms with Crippen LogP contribution in [0.15, 0.2) is 18.2 Å². The van der Waals surface area contributed by atoms with Crippen molar-refractivity contribution in [1.82, 2.24) is 9.36 Å². The first-order valence-corrected chi connectivity index (χ1v) is 11.6. The SMILES string of the molecule is CCC(CC(=O)OC)c1ccc(N(CC(C)C)CC(C)C)c(Nc2nc(Cl)ns2)c1. The molecular formula is C22H33ClN4O2S. The van der Waals surface area contributed by atoms with Crippen LogP contribution < -0.4 is 10.2 Å². The lowest BCUT2D eigenvalue weighted by Crippen LogP contribution is -2.31. The van der Waals surface area contributed by atoms with Crippen molar-refractivity contribution in [3.05, 3.63) is 29.0 Å². The van der Waals surface area contributed by atoms with Gasteiger partial charge in [-0.05, 0) is 53.5 Å². The number of hydrogen-bond acceptors (Lipinski definition) is 7. The summed E-state index contributed by atoms with van der Waals surface area (Å²) in [6, 6.07) is 6.39. The minimum atomic E-state index is -0.197. The number of nitrogens with one attached hydrogen (secondary N) is 1. The molecule has 1 N–H and O–H groups in total. The van der Waals surface area contributed by atoms with Crippen molar-refractivity contribution in [1.29, 1.82) is 0 Å². The van der Waals surface area contributed by atoms with E-state index in [1.54, 1.807) is 0 Å². The van der Waals surface area contributed by atoms with Crippen molar-refractivity contribution < 1.29 is 9.53 Å². The van der Waals surface area contributed by atoms with E-state index in [0.29, 0.717) is 23.4 Å². The standard InChI is InChI=1S/C22H33ClN4O2S/c1-7-16(11-20(28)29-6)17-8-9-19(27(12-14(2)3)13-15(4)5)18(10-17)24-22-25-21(23)26-30-22/h8-10,14-16H,7,11-13H2,1-6H3,(H,24,25,26). The molecule has 0 fully saturated rings. The number of ether oxygens (including phenoxy) is 1. The normalized spacial score (nSPS) is 12.3. The maximum Gasteiger partial charge on any atom is 0.306 e. The number of rotatable bonds is 11. The van der Waals surface area contributed by atoms with E-state index in [1.807, 2.05) is 0 Å². The summed E-state index contributed by atoms with van der Waals surface area (Å²) in [7, 11) is 1.43. The van der Waals surface area contributed by atoms with E-state index in [4.69, 9.17) is 16.3 Å². The van der Waals surface area contributed by atoms with Crippen molar-refractivity contribution in [2.24, 2.45) is 11.8 Å².